The molecule has 0 bridgehead atoms. The number of anilines is 1. The van der Waals surface area contributed by atoms with Crippen LogP contribution < -0.4 is 9.62 Å². The largest absolute Gasteiger partial charge is 0.350 e. The third kappa shape index (κ3) is 8.62. The molecule has 1 atom stereocenters. The van der Waals surface area contributed by atoms with Crippen LogP contribution in [0.4, 0.5) is 5.69 Å². The van der Waals surface area contributed by atoms with Gasteiger partial charge in [-0.15, -0.1) is 0 Å². The predicted octanol–water partition coefficient (Wildman–Crippen LogP) is 6.74. The van der Waals surface area contributed by atoms with Gasteiger partial charge in [0.1, 0.15) is 12.6 Å². The second-order valence-corrected chi connectivity index (χ2v) is 14.1. The maximum Gasteiger partial charge on any atom is 0.264 e. The van der Waals surface area contributed by atoms with Gasteiger partial charge in [-0.2, -0.15) is 0 Å². The molecule has 0 radical (unpaired) electrons. The summed E-state index contributed by atoms with van der Waals surface area (Å²) in [5.41, 5.74) is 1.20. The zero-order valence-electron chi connectivity index (χ0n) is 24.8. The quantitative estimate of drug-likeness (QED) is 0.194. The van der Waals surface area contributed by atoms with Crippen LogP contribution in [0.3, 0.4) is 0 Å². The molecule has 4 aromatic rings. The minimum atomic E-state index is -4.15. The first-order valence-corrected chi connectivity index (χ1v) is 16.3. The lowest BCUT2D eigenvalue weighted by Gasteiger charge is -2.35. The normalized spacial score (nSPS) is 12.3. The van der Waals surface area contributed by atoms with Crippen LogP contribution in [0.5, 0.6) is 0 Å². The number of amides is 2. The van der Waals surface area contributed by atoms with E-state index in [4.69, 9.17) is 23.2 Å². The number of sulfonamides is 1. The molecule has 0 spiro atoms. The maximum absolute atomic E-state index is 14.4. The molecule has 0 aliphatic rings. The Labute approximate surface area is 269 Å². The summed E-state index contributed by atoms with van der Waals surface area (Å²) < 4.78 is 29.0. The van der Waals surface area contributed by atoms with Crippen molar-refractivity contribution in [2.24, 2.45) is 0 Å². The smallest absolute Gasteiger partial charge is 0.264 e. The minimum Gasteiger partial charge on any atom is -0.350 e. The number of hydrogen-bond donors (Lipinski definition) is 1. The summed E-state index contributed by atoms with van der Waals surface area (Å²) in [4.78, 5) is 29.8. The third-order valence-electron chi connectivity index (χ3n) is 6.76. The molecule has 230 valence electrons. The molecule has 0 saturated carbocycles. The summed E-state index contributed by atoms with van der Waals surface area (Å²) in [5, 5.41) is 3.66. The van der Waals surface area contributed by atoms with Crippen molar-refractivity contribution in [1.29, 1.82) is 0 Å². The molecule has 0 unspecified atom stereocenters. The SMILES string of the molecule is CC(C)(C)NC(=O)[C@H](Cc1ccccc1)N(Cc1ccc(Cl)c(Cl)c1)C(=O)CN(c1ccccc1)S(=O)(=O)c1ccccc1. The van der Waals surface area contributed by atoms with E-state index in [9.17, 15) is 18.0 Å². The van der Waals surface area contributed by atoms with E-state index < -0.39 is 34.1 Å². The molecule has 0 aliphatic carbocycles. The summed E-state index contributed by atoms with van der Waals surface area (Å²) in [7, 11) is -4.15. The molecule has 0 aliphatic heterocycles. The van der Waals surface area contributed by atoms with Gasteiger partial charge in [0.25, 0.3) is 10.0 Å². The van der Waals surface area contributed by atoms with E-state index in [1.54, 1.807) is 66.7 Å². The molecule has 7 nitrogen and oxygen atoms in total. The van der Waals surface area contributed by atoms with E-state index in [2.05, 4.69) is 5.32 Å². The van der Waals surface area contributed by atoms with Crippen LogP contribution in [0.2, 0.25) is 10.0 Å². The first-order chi connectivity index (χ1) is 20.8. The highest BCUT2D eigenvalue weighted by molar-refractivity contribution is 7.92. The molecule has 0 heterocycles. The molecule has 4 rings (SSSR count). The van der Waals surface area contributed by atoms with E-state index >= 15 is 0 Å². The number of benzene rings is 4. The number of para-hydroxylation sites is 1. The fourth-order valence-corrected chi connectivity index (χ4v) is 6.44. The van der Waals surface area contributed by atoms with Crippen LogP contribution in [0, 0.1) is 0 Å². The zero-order valence-corrected chi connectivity index (χ0v) is 27.1. The van der Waals surface area contributed by atoms with Crippen molar-refractivity contribution in [2.45, 2.75) is 50.2 Å². The molecule has 0 fully saturated rings. The van der Waals surface area contributed by atoms with E-state index in [0.29, 0.717) is 21.3 Å². The van der Waals surface area contributed by atoms with E-state index in [0.717, 1.165) is 9.87 Å². The molecule has 10 heteroatoms. The number of hydrogen-bond acceptors (Lipinski definition) is 4. The number of nitrogens with zero attached hydrogens (tertiary/aromatic N) is 2. The van der Waals surface area contributed by atoms with Crippen LogP contribution in [0.15, 0.2) is 114 Å². The van der Waals surface area contributed by atoms with Crippen molar-refractivity contribution in [1.82, 2.24) is 10.2 Å². The Kier molecular flexibility index (Phi) is 10.7. The highest BCUT2D eigenvalue weighted by atomic mass is 35.5. The van der Waals surface area contributed by atoms with Crippen molar-refractivity contribution >= 4 is 50.7 Å². The lowest BCUT2D eigenvalue weighted by molar-refractivity contribution is -0.140. The van der Waals surface area contributed by atoms with Crippen LogP contribution >= 0.6 is 23.2 Å². The zero-order chi connectivity index (χ0) is 31.9. The van der Waals surface area contributed by atoms with Crippen molar-refractivity contribution in [2.75, 3.05) is 10.8 Å². The second kappa shape index (κ2) is 14.3. The lowest BCUT2D eigenvalue weighted by atomic mass is 10.0. The van der Waals surface area contributed by atoms with E-state index in [-0.39, 0.29) is 23.8 Å². The maximum atomic E-state index is 14.4. The van der Waals surface area contributed by atoms with Crippen LogP contribution in [-0.4, -0.2) is 43.3 Å². The van der Waals surface area contributed by atoms with Crippen molar-refractivity contribution in [3.05, 3.63) is 130 Å². The predicted molar refractivity (Wildman–Crippen MR) is 176 cm³/mol. The van der Waals surface area contributed by atoms with Crippen LogP contribution in [0.1, 0.15) is 31.9 Å². The van der Waals surface area contributed by atoms with Crippen LogP contribution in [-0.2, 0) is 32.6 Å². The Bertz CT molecular complexity index is 1680. The van der Waals surface area contributed by atoms with Crippen LogP contribution in [0.25, 0.3) is 0 Å². The molecule has 4 aromatic carbocycles. The van der Waals surface area contributed by atoms with Gasteiger partial charge in [0.05, 0.1) is 20.6 Å². The van der Waals surface area contributed by atoms with Crippen molar-refractivity contribution in [3.8, 4) is 0 Å². The number of nitrogens with one attached hydrogen (secondary N) is 1. The Morgan fingerprint density at radius 1 is 0.773 bits per heavy atom. The van der Waals surface area contributed by atoms with Gasteiger partial charge >= 0.3 is 0 Å². The van der Waals surface area contributed by atoms with Crippen molar-refractivity contribution < 1.29 is 18.0 Å². The topological polar surface area (TPSA) is 86.8 Å². The van der Waals surface area contributed by atoms with Crippen molar-refractivity contribution in [3.63, 3.8) is 0 Å². The van der Waals surface area contributed by atoms with E-state index in [1.807, 2.05) is 51.1 Å². The van der Waals surface area contributed by atoms with Gasteiger partial charge in [0.15, 0.2) is 0 Å². The molecule has 1 N–H and O–H groups in total. The lowest BCUT2D eigenvalue weighted by Crippen LogP contribution is -2.56. The average molecular weight is 653 g/mol. The summed E-state index contributed by atoms with van der Waals surface area (Å²) in [6.45, 7) is 5.02. The molecule has 0 saturated heterocycles. The molecule has 44 heavy (non-hydrogen) atoms. The number of carbonyl (C=O) groups is 2. The summed E-state index contributed by atoms with van der Waals surface area (Å²) in [6, 6.07) is 29.8. The fraction of sp³-hybridized carbons (Fsp3) is 0.235. The second-order valence-electron chi connectivity index (χ2n) is 11.4. The Hall–Kier alpha value is -3.85. The number of carbonyl (C=O) groups excluding carboxylic acids is 2. The summed E-state index contributed by atoms with van der Waals surface area (Å²) in [5.74, 6) is -0.934. The van der Waals surface area contributed by atoms with Gasteiger partial charge in [-0.3, -0.25) is 13.9 Å². The molecular formula is C34H35Cl2N3O4S. The third-order valence-corrected chi connectivity index (χ3v) is 9.29. The Morgan fingerprint density at radius 3 is 1.91 bits per heavy atom. The van der Waals surface area contributed by atoms with Gasteiger partial charge in [-0.25, -0.2) is 8.42 Å². The highest BCUT2D eigenvalue weighted by Gasteiger charge is 2.35. The van der Waals surface area contributed by atoms with Gasteiger partial charge in [0, 0.05) is 18.5 Å². The monoisotopic (exact) mass is 651 g/mol. The van der Waals surface area contributed by atoms with E-state index in [1.165, 1.54) is 17.0 Å². The number of halogens is 2. The summed E-state index contributed by atoms with van der Waals surface area (Å²) >= 11 is 12.5. The number of rotatable bonds is 11. The molecular weight excluding hydrogens is 617 g/mol. The van der Waals surface area contributed by atoms with Gasteiger partial charge in [-0.05, 0) is 68.3 Å². The summed E-state index contributed by atoms with van der Waals surface area (Å²) in [6.07, 6.45) is 0.201. The highest BCUT2D eigenvalue weighted by Crippen LogP contribution is 2.27. The minimum absolute atomic E-state index is 0.0151. The Morgan fingerprint density at radius 2 is 1.34 bits per heavy atom. The Balaban J connectivity index is 1.81. The van der Waals surface area contributed by atoms with Gasteiger partial charge in [0.2, 0.25) is 11.8 Å². The average Bonchev–Trinajstić information content (AvgIpc) is 2.99. The first kappa shape index (κ1) is 33.1. The standard InChI is InChI=1S/C34H35Cl2N3O4S/c1-34(2,3)37-33(41)31(22-25-13-7-4-8-14-25)38(23-26-19-20-29(35)30(36)21-26)32(40)24-39(27-15-9-5-10-16-27)44(42,43)28-17-11-6-12-18-28/h4-21,31H,22-24H2,1-3H3,(H,37,41)/t31-/m0/s1. The van der Waals surface area contributed by atoms with Gasteiger partial charge in [-0.1, -0.05) is 96.0 Å². The fourth-order valence-electron chi connectivity index (χ4n) is 4.68. The molecule has 2 amide bonds. The molecule has 0 aromatic heterocycles. The van der Waals surface area contributed by atoms with Gasteiger partial charge < -0.3 is 10.2 Å². The first-order valence-electron chi connectivity index (χ1n) is 14.1.